The third-order valence-corrected chi connectivity index (χ3v) is 34.0. The number of Topliss-reactive ketones (excluding diaryl/α,β-unsaturated/α-hetero) is 6. The maximum atomic E-state index is 13.1. The quantitative estimate of drug-likeness (QED) is 0.0323. The van der Waals surface area contributed by atoms with Crippen molar-refractivity contribution in [3.05, 3.63) is 217 Å². The summed E-state index contributed by atoms with van der Waals surface area (Å²) in [4.78, 5) is 134. The van der Waals surface area contributed by atoms with Crippen molar-refractivity contribution in [1.82, 2.24) is 93.1 Å². The number of methoxy groups -OCH3 is 1. The number of ketones is 6. The van der Waals surface area contributed by atoms with Gasteiger partial charge >= 0.3 is 0 Å². The molecule has 8 aromatic heterocycles. The zero-order valence-corrected chi connectivity index (χ0v) is 94.4. The first-order chi connectivity index (χ1) is 70.9. The van der Waals surface area contributed by atoms with E-state index < -0.39 is 0 Å². The fourth-order valence-corrected chi connectivity index (χ4v) is 24.3. The van der Waals surface area contributed by atoms with Crippen LogP contribution in [0.4, 0.5) is 0 Å². The first kappa shape index (κ1) is 119. The number of hydrogen-bond donors (Lipinski definition) is 0. The second-order valence-electron chi connectivity index (χ2n) is 47.4. The topological polar surface area (TPSA) is 254 Å². The number of carbonyl (C=O) groups excluding carboxylic acids is 6. The molecule has 0 spiro atoms. The lowest BCUT2D eigenvalue weighted by Crippen LogP contribution is -2.46. The summed E-state index contributed by atoms with van der Waals surface area (Å²) in [5, 5.41) is 0. The van der Waals surface area contributed by atoms with Crippen LogP contribution in [0.3, 0.4) is 0 Å². The van der Waals surface area contributed by atoms with Crippen molar-refractivity contribution < 1.29 is 33.5 Å². The van der Waals surface area contributed by atoms with Crippen molar-refractivity contribution in [3.63, 3.8) is 0 Å². The molecule has 2 atom stereocenters. The number of likely N-dealkylation sites (tertiary alicyclic amines) is 8. The maximum absolute atomic E-state index is 13.1. The van der Waals surface area contributed by atoms with Crippen LogP contribution in [0.2, 0.25) is 0 Å². The Kier molecular flexibility index (Phi) is 47.3. The number of rotatable bonds is 40. The Bertz CT molecular complexity index is 5180. The molecule has 8 aromatic rings. The highest BCUT2D eigenvalue weighted by molar-refractivity contribution is 5.95. The van der Waals surface area contributed by atoms with Crippen LogP contribution in [0.25, 0.3) is 0 Å². The molecular weight excluding hydrogens is 1840 g/mol. The van der Waals surface area contributed by atoms with E-state index in [2.05, 4.69) is 218 Å². The normalized spacial score (nSPS) is 20.0. The lowest BCUT2D eigenvalue weighted by Gasteiger charge is -2.43. The number of ether oxygens (including phenoxy) is 1. The van der Waals surface area contributed by atoms with E-state index >= 15 is 0 Å². The molecule has 8 aliphatic rings. The molecule has 0 amide bonds. The summed E-state index contributed by atoms with van der Waals surface area (Å²) in [6, 6.07) is 40.1. The van der Waals surface area contributed by atoms with Gasteiger partial charge < -0.3 is 48.2 Å². The molecule has 0 N–H and O–H groups in total. The minimum Gasteiger partial charge on any atom is -0.374 e. The van der Waals surface area contributed by atoms with Crippen molar-refractivity contribution in [3.8, 4) is 0 Å². The van der Waals surface area contributed by atoms with Crippen LogP contribution in [-0.4, -0.2) is 316 Å². The van der Waals surface area contributed by atoms with Crippen LogP contribution in [0.15, 0.2) is 171 Å². The third kappa shape index (κ3) is 37.7. The molecule has 0 aromatic carbocycles. The smallest absolute Gasteiger partial charge is 0.181 e. The molecule has 812 valence electrons. The van der Waals surface area contributed by atoms with Gasteiger partial charge in [-0.15, -0.1) is 0 Å². The Balaban J connectivity index is 0.000000169. The molecule has 0 radical (unpaired) electrons. The van der Waals surface area contributed by atoms with Crippen molar-refractivity contribution in [2.24, 2.45) is 46.6 Å². The van der Waals surface area contributed by atoms with Crippen LogP contribution < -0.4 is 0 Å². The Morgan fingerprint density at radius 1 is 0.358 bits per heavy atom. The van der Waals surface area contributed by atoms with Crippen LogP contribution in [0.1, 0.15) is 288 Å². The van der Waals surface area contributed by atoms with E-state index in [1.54, 1.807) is 25.8 Å². The van der Waals surface area contributed by atoms with Crippen LogP contribution in [0.5, 0.6) is 0 Å². The van der Waals surface area contributed by atoms with Gasteiger partial charge in [-0.1, -0.05) is 42.8 Å². The number of nitrogens with zero attached hydrogens (tertiary/aromatic N) is 19. The predicted octanol–water partition coefficient (Wildman–Crippen LogP) is 18.6. The van der Waals surface area contributed by atoms with Crippen molar-refractivity contribution >= 4 is 34.7 Å². The van der Waals surface area contributed by atoms with E-state index in [1.165, 1.54) is 19.3 Å². The molecule has 16 rings (SSSR count). The van der Waals surface area contributed by atoms with Gasteiger partial charge in [0.25, 0.3) is 0 Å². The summed E-state index contributed by atoms with van der Waals surface area (Å²) in [5.41, 5.74) is 7.61. The van der Waals surface area contributed by atoms with Crippen molar-refractivity contribution in [1.29, 1.82) is 0 Å². The minimum atomic E-state index is -0.321. The number of carbonyl (C=O) groups is 6. The Labute approximate surface area is 890 Å². The lowest BCUT2D eigenvalue weighted by atomic mass is 9.70. The molecule has 0 aliphatic carbocycles. The van der Waals surface area contributed by atoms with Gasteiger partial charge in [0.05, 0.1) is 38.1 Å². The SMILES string of the molecule is CC(C)N1CCC(CC(=O)C2CCCN2C)(Cc2ccccn2)CC1.CC(C)N1CCC(CC(=O)CN(C)C)(Cc2ccccn2)CC1.CC(C)N1CCC(CC(=O)CN2CCCCC2)(Cc2ccccn2)CC1.CC(C)N1CCC(CC(=O)Cc2nccn2C)(Cc2ccccn2)CC1.CC(C)N1CCC(CC(=O)c2cncn2C)(Cc2ccccn2)CC1.COC(C)C(=O)CC1(Cc2ccccn2)CCN(C(C)C)CC1. The maximum Gasteiger partial charge on any atom is 0.181 e. The van der Waals surface area contributed by atoms with E-state index in [-0.39, 0.29) is 62.0 Å². The van der Waals surface area contributed by atoms with Crippen molar-refractivity contribution in [2.75, 3.05) is 140 Å². The van der Waals surface area contributed by atoms with Gasteiger partial charge in [-0.25, -0.2) is 9.97 Å². The van der Waals surface area contributed by atoms with Gasteiger partial charge in [0.2, 0.25) is 0 Å². The van der Waals surface area contributed by atoms with Gasteiger partial charge in [0.15, 0.2) is 17.3 Å². The summed E-state index contributed by atoms with van der Waals surface area (Å²) in [7, 11) is 11.5. The number of piperidine rings is 7. The Morgan fingerprint density at radius 3 is 0.953 bits per heavy atom. The molecule has 26 heteroatoms. The van der Waals surface area contributed by atoms with E-state index in [9.17, 15) is 28.8 Å². The fourth-order valence-electron chi connectivity index (χ4n) is 24.3. The highest BCUT2D eigenvalue weighted by atomic mass is 16.5. The van der Waals surface area contributed by atoms with Crippen LogP contribution >= 0.6 is 0 Å². The second-order valence-corrected chi connectivity index (χ2v) is 47.4. The summed E-state index contributed by atoms with van der Waals surface area (Å²) < 4.78 is 8.99. The summed E-state index contributed by atoms with van der Waals surface area (Å²) in [5.74, 6) is 2.77. The van der Waals surface area contributed by atoms with Gasteiger partial charge in [-0.3, -0.25) is 68.5 Å². The average molecular weight is 2030 g/mol. The first-order valence-corrected chi connectivity index (χ1v) is 56.4. The first-order valence-electron chi connectivity index (χ1n) is 56.4. The molecule has 8 aliphatic heterocycles. The number of hydrogen-bond acceptors (Lipinski definition) is 24. The molecule has 26 nitrogen and oxygen atoms in total. The van der Waals surface area contributed by atoms with E-state index in [0.717, 1.165) is 267 Å². The third-order valence-electron chi connectivity index (χ3n) is 34.0. The lowest BCUT2D eigenvalue weighted by molar-refractivity contribution is -0.131. The number of pyridine rings is 6. The van der Waals surface area contributed by atoms with E-state index in [1.807, 2.05) is 153 Å². The second kappa shape index (κ2) is 58.7. The largest absolute Gasteiger partial charge is 0.374 e. The zero-order chi connectivity index (χ0) is 106. The highest BCUT2D eigenvalue weighted by Crippen LogP contribution is 2.47. The molecule has 8 saturated heterocycles. The van der Waals surface area contributed by atoms with Gasteiger partial charge in [-0.05, 0) is 456 Å². The molecule has 0 bridgehead atoms. The number of aryl methyl sites for hydroxylation is 2. The monoisotopic (exact) mass is 2030 g/mol. The zero-order valence-electron chi connectivity index (χ0n) is 94.4. The van der Waals surface area contributed by atoms with Crippen LogP contribution in [0, 0.1) is 32.5 Å². The van der Waals surface area contributed by atoms with E-state index in [0.29, 0.717) is 117 Å². The molecule has 8 fully saturated rings. The standard InChI is InChI=1S/C22H35N3O.C21H30N4O.C21H33N3O.C20H28N4O.C19H31N3O.C19H30N2O2/c1-19(2)25-14-9-22(10-15-25,16-20-8-4-5-11-23-20)17-21(26)18-24-12-6-3-7-13-24;1-17(2)25-11-7-21(8-12-25,15-18-6-4-5-9-22-18)16-19(26)14-20-23-10-13-24(20)3;1-17(2)24-13-9-21(10-14-24,15-18-7-4-5-11-22-18)16-20(25)19-8-6-12-23(19)3;1-16(2)24-10-7-20(8-11-24,12-17-6-4-5-9-22-17)13-19(25)18-14-21-15-23(18)3;1-16(2)22-11-8-19(9-12-22,14-18(23)15-21(3)4)13-17-7-5-6-10-20-17;1-15(2)21-11-8-19(9-12-21,14-18(22)16(3)23-4)13-17-7-5-6-10-20-17/h4-5,8,11,19H,3,6-7,9-10,12-18H2,1-2H3;4-6,9-10,13,17H,7-8,11-12,14-16H2,1-3H3;4-5,7,11,17,19H,6,8-10,12-16H2,1-3H3;4-6,9,14-16H,7-8,10-13H2,1-3H3;5-7,10,16H,8-9,11-15H2,1-4H3;5-7,10,15-16H,8-9,11-14H2,1-4H3. The number of aromatic nitrogens is 10. The number of imidazole rings is 2. The fraction of sp³-hybridized carbons (Fsp3) is 0.656. The van der Waals surface area contributed by atoms with Crippen molar-refractivity contribution in [2.45, 2.75) is 331 Å². The number of likely N-dealkylation sites (N-methyl/N-ethyl adjacent to an activating group) is 2. The van der Waals surface area contributed by atoms with Gasteiger partial charge in [0.1, 0.15) is 35.0 Å². The summed E-state index contributed by atoms with van der Waals surface area (Å²) >= 11 is 0. The summed E-state index contributed by atoms with van der Waals surface area (Å²) in [6.07, 6.45) is 46.4. The Hall–Kier alpha value is -9.06. The molecule has 16 heterocycles. The predicted molar refractivity (Wildman–Crippen MR) is 596 cm³/mol. The van der Waals surface area contributed by atoms with E-state index in [4.69, 9.17) is 4.74 Å². The van der Waals surface area contributed by atoms with Crippen LogP contribution in [-0.2, 0) is 87.8 Å². The highest BCUT2D eigenvalue weighted by Gasteiger charge is 2.46. The average Bonchev–Trinajstić information content (AvgIpc) is 1.35. The minimum absolute atomic E-state index is 0.0128. The molecule has 148 heavy (non-hydrogen) atoms. The molecular formula is C122H187N19O7. The molecule has 2 unspecified atom stereocenters. The van der Waals surface area contributed by atoms with Gasteiger partial charge in [-0.2, -0.15) is 0 Å². The molecule has 0 saturated carbocycles. The summed E-state index contributed by atoms with van der Waals surface area (Å²) in [6.45, 7) is 46.2. The van der Waals surface area contributed by atoms with Gasteiger partial charge in [0, 0.05) is 180 Å². The Morgan fingerprint density at radius 2 is 0.676 bits per heavy atom.